The summed E-state index contributed by atoms with van der Waals surface area (Å²) in [6.45, 7) is 3.01. The second kappa shape index (κ2) is 9.04. The first-order chi connectivity index (χ1) is 11.1. The highest BCUT2D eigenvalue weighted by Gasteiger charge is 2.28. The first-order valence-corrected chi connectivity index (χ1v) is 9.44. The van der Waals surface area contributed by atoms with Crippen LogP contribution in [0.5, 0.6) is 0 Å². The summed E-state index contributed by atoms with van der Waals surface area (Å²) in [5.74, 6) is 0.419. The van der Waals surface area contributed by atoms with Gasteiger partial charge >= 0.3 is 0 Å². The van der Waals surface area contributed by atoms with Gasteiger partial charge in [-0.2, -0.15) is 0 Å². The molecular weight excluding hydrogens is 369 g/mol. The molecule has 0 aliphatic carbocycles. The van der Waals surface area contributed by atoms with Crippen LogP contribution in [-0.4, -0.2) is 48.9 Å². The highest BCUT2D eigenvalue weighted by molar-refractivity contribution is 7.12. The lowest BCUT2D eigenvalue weighted by molar-refractivity contribution is -0.123. The van der Waals surface area contributed by atoms with Gasteiger partial charge in [-0.25, -0.2) is 0 Å². The zero-order valence-corrected chi connectivity index (χ0v) is 15.8. The van der Waals surface area contributed by atoms with Gasteiger partial charge in [0.1, 0.15) is 4.88 Å². The Labute approximate surface area is 157 Å². The van der Waals surface area contributed by atoms with E-state index in [2.05, 4.69) is 10.6 Å². The van der Waals surface area contributed by atoms with Crippen molar-refractivity contribution < 1.29 is 9.59 Å². The minimum Gasteiger partial charge on any atom is -0.354 e. The van der Waals surface area contributed by atoms with Crippen molar-refractivity contribution in [2.45, 2.75) is 31.7 Å². The Hall–Kier alpha value is -0.820. The average Bonchev–Trinajstić information content (AvgIpc) is 3.23. The summed E-state index contributed by atoms with van der Waals surface area (Å²) in [7, 11) is 0. The number of hydrogen-bond acceptors (Lipinski definition) is 4. The number of halogens is 2. The quantitative estimate of drug-likeness (QED) is 0.828. The molecule has 8 heteroatoms. The second-order valence-corrected chi connectivity index (χ2v) is 7.57. The summed E-state index contributed by atoms with van der Waals surface area (Å²) < 4.78 is 0. The van der Waals surface area contributed by atoms with Gasteiger partial charge in [-0.3, -0.25) is 9.59 Å². The van der Waals surface area contributed by atoms with Gasteiger partial charge in [0.2, 0.25) is 5.91 Å². The Morgan fingerprint density at radius 3 is 2.88 bits per heavy atom. The Bertz CT molecular complexity index is 575. The highest BCUT2D eigenvalue weighted by Crippen LogP contribution is 2.26. The molecule has 0 aromatic carbocycles. The topological polar surface area (TPSA) is 61.4 Å². The number of nitrogens with zero attached hydrogens (tertiary/aromatic N) is 1. The third kappa shape index (κ3) is 4.63. The molecule has 1 aromatic rings. The smallest absolute Gasteiger partial charge is 0.265 e. The zero-order valence-electron chi connectivity index (χ0n) is 13.4. The molecule has 2 N–H and O–H groups in total. The van der Waals surface area contributed by atoms with Crippen molar-refractivity contribution in [3.8, 4) is 0 Å². The molecule has 2 fully saturated rings. The third-order valence-corrected chi connectivity index (χ3v) is 5.89. The summed E-state index contributed by atoms with van der Waals surface area (Å²) >= 11 is 7.45. The van der Waals surface area contributed by atoms with Crippen molar-refractivity contribution in [2.75, 3.05) is 26.2 Å². The van der Waals surface area contributed by atoms with Gasteiger partial charge in [-0.15, -0.1) is 23.7 Å². The molecular formula is C16H23Cl2N3O2S. The van der Waals surface area contributed by atoms with Crippen LogP contribution in [-0.2, 0) is 4.79 Å². The molecule has 2 unspecified atom stereocenters. The average molecular weight is 392 g/mol. The van der Waals surface area contributed by atoms with E-state index >= 15 is 0 Å². The van der Waals surface area contributed by atoms with Crippen molar-refractivity contribution in [1.82, 2.24) is 15.5 Å². The van der Waals surface area contributed by atoms with Crippen molar-refractivity contribution in [2.24, 2.45) is 5.92 Å². The maximum absolute atomic E-state index is 12.5. The molecule has 5 nitrogen and oxygen atoms in total. The number of nitrogens with one attached hydrogen (secondary N) is 2. The van der Waals surface area contributed by atoms with E-state index < -0.39 is 0 Å². The van der Waals surface area contributed by atoms with Gasteiger partial charge in [0.05, 0.1) is 11.1 Å². The maximum Gasteiger partial charge on any atom is 0.265 e. The second-order valence-electron chi connectivity index (χ2n) is 6.25. The molecule has 0 saturated carbocycles. The molecule has 0 spiro atoms. The molecule has 2 atom stereocenters. The van der Waals surface area contributed by atoms with Gasteiger partial charge in [0.15, 0.2) is 0 Å². The Morgan fingerprint density at radius 2 is 2.21 bits per heavy atom. The lowest BCUT2D eigenvalue weighted by atomic mass is 9.97. The summed E-state index contributed by atoms with van der Waals surface area (Å²) in [6.07, 6.45) is 3.99. The number of piperidine rings is 1. The van der Waals surface area contributed by atoms with Crippen molar-refractivity contribution in [1.29, 1.82) is 0 Å². The van der Waals surface area contributed by atoms with Gasteiger partial charge < -0.3 is 15.5 Å². The van der Waals surface area contributed by atoms with Crippen molar-refractivity contribution in [3.05, 3.63) is 21.3 Å². The SMILES string of the molecule is Cl.O=C(NCC1CCCN(C(=O)c2sccc2Cl)C1)C1CCCN1. The summed E-state index contributed by atoms with van der Waals surface area (Å²) in [6, 6.07) is 1.72. The van der Waals surface area contributed by atoms with E-state index in [1.54, 1.807) is 6.07 Å². The normalized spacial score (nSPS) is 23.6. The Morgan fingerprint density at radius 1 is 1.38 bits per heavy atom. The molecule has 0 radical (unpaired) electrons. The zero-order chi connectivity index (χ0) is 16.2. The molecule has 2 amide bonds. The molecule has 0 bridgehead atoms. The molecule has 2 aliphatic heterocycles. The van der Waals surface area contributed by atoms with Gasteiger partial charge in [-0.1, -0.05) is 11.6 Å². The number of carbonyl (C=O) groups is 2. The molecule has 3 rings (SSSR count). The summed E-state index contributed by atoms with van der Waals surface area (Å²) in [5, 5.41) is 8.61. The van der Waals surface area contributed by atoms with Crippen LogP contribution in [0.1, 0.15) is 35.4 Å². The van der Waals surface area contributed by atoms with Crippen LogP contribution in [0.15, 0.2) is 11.4 Å². The predicted molar refractivity (Wildman–Crippen MR) is 99.2 cm³/mol. The number of amides is 2. The van der Waals surface area contributed by atoms with Crippen LogP contribution in [0.25, 0.3) is 0 Å². The number of carbonyl (C=O) groups excluding carboxylic acids is 2. The van der Waals surface area contributed by atoms with Gasteiger partial charge in [-0.05, 0) is 49.6 Å². The largest absolute Gasteiger partial charge is 0.354 e. The molecule has 1 aromatic heterocycles. The van der Waals surface area contributed by atoms with E-state index in [1.165, 1.54) is 11.3 Å². The molecule has 2 saturated heterocycles. The monoisotopic (exact) mass is 391 g/mol. The van der Waals surface area contributed by atoms with Crippen LogP contribution < -0.4 is 10.6 Å². The first kappa shape index (κ1) is 19.5. The molecule has 2 aliphatic rings. The standard InChI is InChI=1S/C16H22ClN3O2S.ClH/c17-12-5-8-23-14(12)16(22)20-7-2-3-11(10-20)9-19-15(21)13-4-1-6-18-13;/h5,8,11,13,18H,1-4,6-7,9-10H2,(H,19,21);1H. The molecule has 24 heavy (non-hydrogen) atoms. The molecule has 134 valence electrons. The van der Waals surface area contributed by atoms with Gasteiger partial charge in [0.25, 0.3) is 5.91 Å². The van der Waals surface area contributed by atoms with E-state index in [-0.39, 0.29) is 30.3 Å². The van der Waals surface area contributed by atoms with Crippen LogP contribution in [0.4, 0.5) is 0 Å². The molecule has 3 heterocycles. The lowest BCUT2D eigenvalue weighted by Crippen LogP contribution is -2.46. The van der Waals surface area contributed by atoms with Crippen molar-refractivity contribution >= 4 is 47.2 Å². The number of likely N-dealkylation sites (tertiary alicyclic amines) is 1. The van der Waals surface area contributed by atoms with E-state index in [4.69, 9.17) is 11.6 Å². The van der Waals surface area contributed by atoms with Crippen LogP contribution in [0.3, 0.4) is 0 Å². The first-order valence-electron chi connectivity index (χ1n) is 8.18. The van der Waals surface area contributed by atoms with E-state index in [0.717, 1.165) is 38.8 Å². The summed E-state index contributed by atoms with van der Waals surface area (Å²) in [4.78, 5) is 27.1. The number of rotatable bonds is 4. The number of thiophene rings is 1. The van der Waals surface area contributed by atoms with E-state index in [1.807, 2.05) is 10.3 Å². The predicted octanol–water partition coefficient (Wildman–Crippen LogP) is 2.54. The van der Waals surface area contributed by atoms with Crippen LogP contribution >= 0.6 is 35.3 Å². The summed E-state index contributed by atoms with van der Waals surface area (Å²) in [5.41, 5.74) is 0. The van der Waals surface area contributed by atoms with Crippen LogP contribution in [0.2, 0.25) is 5.02 Å². The fourth-order valence-corrected chi connectivity index (χ4v) is 4.39. The van der Waals surface area contributed by atoms with Crippen LogP contribution in [0, 0.1) is 5.92 Å². The minimum absolute atomic E-state index is 0. The van der Waals surface area contributed by atoms with E-state index in [9.17, 15) is 9.59 Å². The fraction of sp³-hybridized carbons (Fsp3) is 0.625. The highest BCUT2D eigenvalue weighted by atomic mass is 35.5. The maximum atomic E-state index is 12.5. The Kier molecular flexibility index (Phi) is 7.34. The Balaban J connectivity index is 0.00000208. The minimum atomic E-state index is -0.0405. The fourth-order valence-electron chi connectivity index (χ4n) is 3.28. The lowest BCUT2D eigenvalue weighted by Gasteiger charge is -2.33. The van der Waals surface area contributed by atoms with E-state index in [0.29, 0.717) is 28.9 Å². The van der Waals surface area contributed by atoms with Gasteiger partial charge in [0, 0.05) is 19.6 Å². The third-order valence-electron chi connectivity index (χ3n) is 4.56. The van der Waals surface area contributed by atoms with Crippen molar-refractivity contribution in [3.63, 3.8) is 0 Å². The number of hydrogen-bond donors (Lipinski definition) is 2.